The summed E-state index contributed by atoms with van der Waals surface area (Å²) in [5.74, 6) is 0.751. The highest BCUT2D eigenvalue weighted by atomic mass is 14.5. The Balaban J connectivity index is 2.30. The normalized spacial score (nSPS) is 28.2. The average molecular weight is 213 g/mol. The van der Waals surface area contributed by atoms with E-state index < -0.39 is 0 Å². The zero-order valence-corrected chi connectivity index (χ0v) is 10.4. The fourth-order valence-electron chi connectivity index (χ4n) is 2.65. The molecule has 1 aromatic rings. The molecule has 0 radical (unpaired) electrons. The highest BCUT2D eigenvalue weighted by molar-refractivity contribution is 5.40. The number of rotatable bonds is 2. The summed E-state index contributed by atoms with van der Waals surface area (Å²) in [5, 5.41) is 9.41. The van der Waals surface area contributed by atoms with Crippen LogP contribution in [-0.2, 0) is 5.41 Å². The number of benzene rings is 1. The fourth-order valence-corrected chi connectivity index (χ4v) is 2.65. The van der Waals surface area contributed by atoms with Crippen molar-refractivity contribution in [2.75, 3.05) is 0 Å². The molecule has 1 aliphatic rings. The van der Waals surface area contributed by atoms with E-state index in [-0.39, 0.29) is 5.41 Å². The lowest BCUT2D eigenvalue weighted by Gasteiger charge is -2.43. The minimum absolute atomic E-state index is 0.181. The van der Waals surface area contributed by atoms with Crippen molar-refractivity contribution in [1.82, 2.24) is 0 Å². The quantitative estimate of drug-likeness (QED) is 0.731. The summed E-state index contributed by atoms with van der Waals surface area (Å²) in [5.41, 5.74) is 3.65. The second kappa shape index (κ2) is 3.94. The smallest absolute Gasteiger partial charge is 0.0827 e. The lowest BCUT2D eigenvalue weighted by atomic mass is 9.58. The van der Waals surface area contributed by atoms with E-state index >= 15 is 0 Å². The van der Waals surface area contributed by atoms with Crippen molar-refractivity contribution >= 4 is 0 Å². The van der Waals surface area contributed by atoms with Crippen molar-refractivity contribution in [2.45, 2.75) is 45.4 Å². The molecule has 0 aromatic heterocycles. The van der Waals surface area contributed by atoms with E-state index in [1.54, 1.807) is 0 Å². The van der Waals surface area contributed by atoms with Crippen LogP contribution in [0.4, 0.5) is 0 Å². The van der Waals surface area contributed by atoms with Gasteiger partial charge in [0.2, 0.25) is 0 Å². The van der Waals surface area contributed by atoms with Gasteiger partial charge in [-0.25, -0.2) is 0 Å². The summed E-state index contributed by atoms with van der Waals surface area (Å²) in [6, 6.07) is 9.02. The molecule has 1 aromatic carbocycles. The third kappa shape index (κ3) is 1.63. The molecule has 0 atom stereocenters. The number of nitriles is 1. The van der Waals surface area contributed by atoms with Gasteiger partial charge < -0.3 is 0 Å². The van der Waals surface area contributed by atoms with Gasteiger partial charge in [-0.1, -0.05) is 31.5 Å². The van der Waals surface area contributed by atoms with Gasteiger partial charge in [0, 0.05) is 0 Å². The number of hydrogen-bond acceptors (Lipinski definition) is 1. The third-order valence-electron chi connectivity index (χ3n) is 4.13. The topological polar surface area (TPSA) is 23.8 Å². The molecule has 0 amide bonds. The number of hydrogen-bond donors (Lipinski definition) is 0. The maximum atomic E-state index is 9.41. The number of nitrogens with zero attached hydrogens (tertiary/aromatic N) is 1. The van der Waals surface area contributed by atoms with Crippen LogP contribution >= 0.6 is 0 Å². The molecule has 0 bridgehead atoms. The molecule has 0 unspecified atom stereocenters. The molecular formula is C15H19N. The summed E-state index contributed by atoms with van der Waals surface area (Å²) in [6.45, 7) is 6.46. The monoisotopic (exact) mass is 213 g/mol. The van der Waals surface area contributed by atoms with Crippen molar-refractivity contribution in [2.24, 2.45) is 5.92 Å². The van der Waals surface area contributed by atoms with Gasteiger partial charge in [0.05, 0.1) is 11.5 Å². The first-order valence-corrected chi connectivity index (χ1v) is 6.10. The second-order valence-electron chi connectivity index (χ2n) is 5.18. The maximum absolute atomic E-state index is 9.41. The molecule has 0 spiro atoms. The molecule has 1 aliphatic carbocycles. The van der Waals surface area contributed by atoms with Crippen molar-refractivity contribution in [1.29, 1.82) is 5.26 Å². The van der Waals surface area contributed by atoms with Crippen molar-refractivity contribution in [3.63, 3.8) is 0 Å². The molecule has 0 saturated heterocycles. The summed E-state index contributed by atoms with van der Waals surface area (Å²) in [6.07, 6.45) is 3.29. The molecule has 1 heteroatoms. The van der Waals surface area contributed by atoms with Crippen LogP contribution in [0.5, 0.6) is 0 Å². The Morgan fingerprint density at radius 2 is 2.00 bits per heavy atom. The van der Waals surface area contributed by atoms with E-state index in [9.17, 15) is 5.26 Å². The first-order chi connectivity index (χ1) is 7.61. The maximum Gasteiger partial charge on any atom is 0.0827 e. The lowest BCUT2D eigenvalue weighted by Crippen LogP contribution is -2.39. The van der Waals surface area contributed by atoms with Crippen LogP contribution in [0.2, 0.25) is 0 Å². The average Bonchev–Trinajstić information content (AvgIpc) is 2.23. The van der Waals surface area contributed by atoms with E-state index in [4.69, 9.17) is 0 Å². The van der Waals surface area contributed by atoms with Crippen molar-refractivity contribution in [3.05, 3.63) is 34.9 Å². The Bertz CT molecular complexity index is 433. The molecule has 1 saturated carbocycles. The molecule has 0 heterocycles. The van der Waals surface area contributed by atoms with E-state index in [0.717, 1.165) is 18.8 Å². The predicted molar refractivity (Wildman–Crippen MR) is 66.2 cm³/mol. The van der Waals surface area contributed by atoms with Gasteiger partial charge in [-0.2, -0.15) is 5.26 Å². The van der Waals surface area contributed by atoms with E-state index in [2.05, 4.69) is 45.0 Å². The van der Waals surface area contributed by atoms with Crippen LogP contribution < -0.4 is 0 Å². The van der Waals surface area contributed by atoms with Crippen LogP contribution in [0.15, 0.2) is 18.2 Å². The zero-order valence-electron chi connectivity index (χ0n) is 10.4. The third-order valence-corrected chi connectivity index (χ3v) is 4.13. The van der Waals surface area contributed by atoms with Crippen molar-refractivity contribution in [3.8, 4) is 6.07 Å². The van der Waals surface area contributed by atoms with Gasteiger partial charge in [0.25, 0.3) is 0 Å². The van der Waals surface area contributed by atoms with Crippen molar-refractivity contribution < 1.29 is 0 Å². The van der Waals surface area contributed by atoms with Crippen LogP contribution in [0.25, 0.3) is 0 Å². The summed E-state index contributed by atoms with van der Waals surface area (Å²) < 4.78 is 0. The van der Waals surface area contributed by atoms with Crippen LogP contribution in [0.1, 0.15) is 42.9 Å². The summed E-state index contributed by atoms with van der Waals surface area (Å²) >= 11 is 0. The summed E-state index contributed by atoms with van der Waals surface area (Å²) in [7, 11) is 0. The summed E-state index contributed by atoms with van der Waals surface area (Å²) in [4.78, 5) is 0. The standard InChI is InChI=1S/C15H19N/c1-4-13-8-15(9-13,10-16)14-6-5-11(2)12(3)7-14/h5-7,13H,4,8-9H2,1-3H3. The van der Waals surface area contributed by atoms with Gasteiger partial charge in [-0.15, -0.1) is 0 Å². The highest BCUT2D eigenvalue weighted by Gasteiger charge is 2.45. The van der Waals surface area contributed by atoms with Gasteiger partial charge in [0.1, 0.15) is 0 Å². The minimum atomic E-state index is -0.181. The minimum Gasteiger partial charge on any atom is -0.197 e. The number of aryl methyl sites for hydroxylation is 2. The first-order valence-electron chi connectivity index (χ1n) is 6.10. The van der Waals surface area contributed by atoms with E-state index in [1.165, 1.54) is 23.1 Å². The molecule has 1 fully saturated rings. The molecular weight excluding hydrogens is 194 g/mol. The molecule has 2 rings (SSSR count). The Hall–Kier alpha value is -1.29. The predicted octanol–water partition coefficient (Wildman–Crippen LogP) is 3.88. The largest absolute Gasteiger partial charge is 0.197 e. The SMILES string of the molecule is CCC1CC(C#N)(c2ccc(C)c(C)c2)C1. The van der Waals surface area contributed by atoms with Crippen LogP contribution in [-0.4, -0.2) is 0 Å². The first kappa shape index (κ1) is 11.2. The lowest BCUT2D eigenvalue weighted by molar-refractivity contribution is 0.192. The van der Waals surface area contributed by atoms with Gasteiger partial charge >= 0.3 is 0 Å². The van der Waals surface area contributed by atoms with Crippen LogP contribution in [0, 0.1) is 31.1 Å². The second-order valence-corrected chi connectivity index (χ2v) is 5.18. The Kier molecular flexibility index (Phi) is 2.76. The Morgan fingerprint density at radius 1 is 1.31 bits per heavy atom. The molecule has 84 valence electrons. The highest BCUT2D eigenvalue weighted by Crippen LogP contribution is 2.48. The molecule has 16 heavy (non-hydrogen) atoms. The fraction of sp³-hybridized carbons (Fsp3) is 0.533. The van der Waals surface area contributed by atoms with E-state index in [0.29, 0.717) is 0 Å². The molecule has 1 nitrogen and oxygen atoms in total. The zero-order chi connectivity index (χ0) is 11.8. The van der Waals surface area contributed by atoms with Crippen LogP contribution in [0.3, 0.4) is 0 Å². The molecule has 0 aliphatic heterocycles. The Labute approximate surface area is 98.1 Å². The Morgan fingerprint density at radius 3 is 2.50 bits per heavy atom. The van der Waals surface area contributed by atoms with Gasteiger partial charge in [-0.05, 0) is 49.3 Å². The van der Waals surface area contributed by atoms with Gasteiger partial charge in [0.15, 0.2) is 0 Å². The van der Waals surface area contributed by atoms with Gasteiger partial charge in [-0.3, -0.25) is 0 Å². The van der Waals surface area contributed by atoms with E-state index in [1.807, 2.05) is 0 Å². The molecule has 0 N–H and O–H groups in total.